The van der Waals surface area contributed by atoms with Gasteiger partial charge in [0.15, 0.2) is 5.69 Å². The van der Waals surface area contributed by atoms with E-state index in [1.807, 2.05) is 37.4 Å². The Morgan fingerprint density at radius 2 is 2.07 bits per heavy atom. The summed E-state index contributed by atoms with van der Waals surface area (Å²) in [6, 6.07) is 11.5. The minimum atomic E-state index is -0.287. The third-order valence-electron chi connectivity index (χ3n) is 3.92. The fourth-order valence-corrected chi connectivity index (χ4v) is 2.62. The molecule has 0 radical (unpaired) electrons. The summed E-state index contributed by atoms with van der Waals surface area (Å²) >= 11 is 0. The van der Waals surface area contributed by atoms with Crippen LogP contribution in [0.25, 0.3) is 22.8 Å². The van der Waals surface area contributed by atoms with Crippen LogP contribution in [0.2, 0.25) is 0 Å². The zero-order valence-corrected chi connectivity index (χ0v) is 14.5. The third-order valence-corrected chi connectivity index (χ3v) is 3.92. The van der Waals surface area contributed by atoms with Crippen molar-refractivity contribution in [2.24, 2.45) is 7.05 Å². The topological polar surface area (TPSA) is 114 Å². The summed E-state index contributed by atoms with van der Waals surface area (Å²) in [5.74, 6) is 0.657. The highest BCUT2D eigenvalue weighted by atomic mass is 16.1. The molecule has 134 valence electrons. The highest BCUT2D eigenvalue weighted by Crippen LogP contribution is 2.19. The molecule has 3 aromatic heterocycles. The van der Waals surface area contributed by atoms with Crippen molar-refractivity contribution in [1.29, 1.82) is 0 Å². The van der Waals surface area contributed by atoms with Gasteiger partial charge in [-0.2, -0.15) is 10.2 Å². The van der Waals surface area contributed by atoms with Crippen LogP contribution in [0.3, 0.4) is 0 Å². The average Bonchev–Trinajstić information content (AvgIpc) is 3.34. The molecule has 0 spiro atoms. The lowest BCUT2D eigenvalue weighted by molar-refractivity contribution is 0.0944. The van der Waals surface area contributed by atoms with Crippen LogP contribution in [-0.2, 0) is 13.6 Å². The fraction of sp³-hybridized carbons (Fsp3) is 0.111. The van der Waals surface area contributed by atoms with Gasteiger partial charge in [0, 0.05) is 19.4 Å². The molecule has 9 heteroatoms. The minimum Gasteiger partial charge on any atom is -0.343 e. The number of carbonyl (C=O) groups is 1. The monoisotopic (exact) mass is 360 g/mol. The van der Waals surface area contributed by atoms with Gasteiger partial charge in [0.2, 0.25) is 5.82 Å². The Morgan fingerprint density at radius 1 is 1.22 bits per heavy atom. The van der Waals surface area contributed by atoms with Gasteiger partial charge in [-0.05, 0) is 11.6 Å². The maximum absolute atomic E-state index is 12.4. The fourth-order valence-electron chi connectivity index (χ4n) is 2.62. The smallest absolute Gasteiger partial charge is 0.272 e. The zero-order valence-electron chi connectivity index (χ0n) is 14.5. The molecule has 27 heavy (non-hydrogen) atoms. The van der Waals surface area contributed by atoms with E-state index in [9.17, 15) is 4.79 Å². The van der Waals surface area contributed by atoms with Gasteiger partial charge in [-0.1, -0.05) is 30.3 Å². The predicted molar refractivity (Wildman–Crippen MR) is 97.2 cm³/mol. The average molecular weight is 360 g/mol. The van der Waals surface area contributed by atoms with E-state index in [-0.39, 0.29) is 12.5 Å². The van der Waals surface area contributed by atoms with E-state index in [2.05, 4.69) is 35.6 Å². The van der Waals surface area contributed by atoms with E-state index in [0.717, 1.165) is 11.3 Å². The molecule has 0 aliphatic heterocycles. The van der Waals surface area contributed by atoms with Crippen LogP contribution in [0.15, 0.2) is 55.0 Å². The summed E-state index contributed by atoms with van der Waals surface area (Å²) in [6.45, 7) is 0.198. The first-order valence-electron chi connectivity index (χ1n) is 8.26. The van der Waals surface area contributed by atoms with Gasteiger partial charge < -0.3 is 5.32 Å². The highest BCUT2D eigenvalue weighted by molar-refractivity contribution is 5.93. The highest BCUT2D eigenvalue weighted by Gasteiger charge is 2.15. The molecule has 0 saturated carbocycles. The number of rotatable bonds is 5. The first-order chi connectivity index (χ1) is 13.2. The maximum atomic E-state index is 12.4. The Bertz CT molecular complexity index is 1060. The van der Waals surface area contributed by atoms with Gasteiger partial charge in [-0.25, -0.2) is 9.97 Å². The molecular formula is C18H16N8O. The second-order valence-corrected chi connectivity index (χ2v) is 5.78. The standard InChI is InChI=1S/C18H16N8O/c1-26-15(12-5-3-2-4-6-12)9-13(25-26)18(27)21-11-16-22-17(24-23-16)14-10-19-7-8-20-14/h2-10H,11H2,1H3,(H,21,27)(H,22,23,24). The third kappa shape index (κ3) is 3.56. The van der Waals surface area contributed by atoms with Crippen LogP contribution < -0.4 is 5.32 Å². The minimum absolute atomic E-state index is 0.198. The molecular weight excluding hydrogens is 344 g/mol. The number of carbonyl (C=O) groups excluding carboxylic acids is 1. The molecule has 0 atom stereocenters. The Hall–Kier alpha value is -3.88. The van der Waals surface area contributed by atoms with Crippen molar-refractivity contribution in [2.75, 3.05) is 0 Å². The molecule has 1 amide bonds. The number of H-pyrrole nitrogens is 1. The van der Waals surface area contributed by atoms with E-state index in [0.29, 0.717) is 23.0 Å². The lowest BCUT2D eigenvalue weighted by Gasteiger charge is -1.99. The van der Waals surface area contributed by atoms with Gasteiger partial charge in [0.05, 0.1) is 18.4 Å². The molecule has 3 heterocycles. The quantitative estimate of drug-likeness (QED) is 0.559. The van der Waals surface area contributed by atoms with Gasteiger partial charge in [0.25, 0.3) is 5.91 Å². The molecule has 1 aromatic carbocycles. The molecule has 0 saturated heterocycles. The number of hydrogen-bond donors (Lipinski definition) is 2. The Labute approximate surface area is 154 Å². The molecule has 2 N–H and O–H groups in total. The number of nitrogens with zero attached hydrogens (tertiary/aromatic N) is 6. The second kappa shape index (κ2) is 7.16. The van der Waals surface area contributed by atoms with E-state index >= 15 is 0 Å². The van der Waals surface area contributed by atoms with Crippen molar-refractivity contribution in [1.82, 2.24) is 40.2 Å². The summed E-state index contributed by atoms with van der Waals surface area (Å²) in [6.07, 6.45) is 4.72. The molecule has 9 nitrogen and oxygen atoms in total. The number of aryl methyl sites for hydroxylation is 1. The van der Waals surface area contributed by atoms with Crippen LogP contribution in [-0.4, -0.2) is 40.8 Å². The summed E-state index contributed by atoms with van der Waals surface area (Å²) in [4.78, 5) is 24.8. The molecule has 0 aliphatic carbocycles. The SMILES string of the molecule is Cn1nc(C(=O)NCc2nc(-c3cnccn3)n[nH]2)cc1-c1ccccc1. The van der Waals surface area contributed by atoms with Crippen LogP contribution in [0.4, 0.5) is 0 Å². The van der Waals surface area contributed by atoms with Gasteiger partial charge in [-0.3, -0.25) is 19.6 Å². The molecule has 4 aromatic rings. The van der Waals surface area contributed by atoms with Crippen molar-refractivity contribution in [2.45, 2.75) is 6.54 Å². The Morgan fingerprint density at radius 3 is 2.85 bits per heavy atom. The van der Waals surface area contributed by atoms with E-state index in [4.69, 9.17) is 0 Å². The number of hydrogen-bond acceptors (Lipinski definition) is 6. The van der Waals surface area contributed by atoms with Crippen molar-refractivity contribution in [3.8, 4) is 22.8 Å². The van der Waals surface area contributed by atoms with E-state index in [1.165, 1.54) is 0 Å². The van der Waals surface area contributed by atoms with Crippen molar-refractivity contribution in [3.05, 3.63) is 66.5 Å². The summed E-state index contributed by atoms with van der Waals surface area (Å²) in [5.41, 5.74) is 2.76. The Balaban J connectivity index is 1.44. The van der Waals surface area contributed by atoms with Crippen molar-refractivity contribution < 1.29 is 4.79 Å². The van der Waals surface area contributed by atoms with Crippen molar-refractivity contribution in [3.63, 3.8) is 0 Å². The molecule has 4 rings (SSSR count). The molecule has 0 unspecified atom stereocenters. The number of amides is 1. The molecule has 0 aliphatic rings. The van der Waals surface area contributed by atoms with Crippen LogP contribution >= 0.6 is 0 Å². The van der Waals surface area contributed by atoms with Crippen LogP contribution in [0.1, 0.15) is 16.3 Å². The second-order valence-electron chi connectivity index (χ2n) is 5.78. The largest absolute Gasteiger partial charge is 0.343 e. The summed E-state index contributed by atoms with van der Waals surface area (Å²) < 4.78 is 1.69. The van der Waals surface area contributed by atoms with Gasteiger partial charge in [0.1, 0.15) is 11.5 Å². The number of aromatic amines is 1. The van der Waals surface area contributed by atoms with Gasteiger partial charge >= 0.3 is 0 Å². The summed E-state index contributed by atoms with van der Waals surface area (Å²) in [7, 11) is 1.81. The first-order valence-corrected chi connectivity index (χ1v) is 8.26. The number of aromatic nitrogens is 7. The molecule has 0 bridgehead atoms. The van der Waals surface area contributed by atoms with Crippen molar-refractivity contribution >= 4 is 5.91 Å². The first kappa shape index (κ1) is 16.6. The zero-order chi connectivity index (χ0) is 18.6. The van der Waals surface area contributed by atoms with Crippen LogP contribution in [0.5, 0.6) is 0 Å². The number of benzene rings is 1. The van der Waals surface area contributed by atoms with E-state index in [1.54, 1.807) is 29.3 Å². The van der Waals surface area contributed by atoms with E-state index < -0.39 is 0 Å². The Kier molecular flexibility index (Phi) is 4.40. The van der Waals surface area contributed by atoms with Crippen LogP contribution in [0, 0.1) is 0 Å². The van der Waals surface area contributed by atoms with Gasteiger partial charge in [-0.15, -0.1) is 0 Å². The lowest BCUT2D eigenvalue weighted by atomic mass is 10.1. The lowest BCUT2D eigenvalue weighted by Crippen LogP contribution is -2.24. The number of nitrogens with one attached hydrogen (secondary N) is 2. The normalized spacial score (nSPS) is 10.7. The summed E-state index contributed by atoms with van der Waals surface area (Å²) in [5, 5.41) is 13.9. The molecule has 0 fully saturated rings. The predicted octanol–water partition coefficient (Wildman–Crippen LogP) is 1.59. The maximum Gasteiger partial charge on any atom is 0.272 e.